The topological polar surface area (TPSA) is 77.4 Å². The predicted octanol–water partition coefficient (Wildman–Crippen LogP) is 3.04. The fourth-order valence-electron chi connectivity index (χ4n) is 3.50. The first-order valence-electron chi connectivity index (χ1n) is 7.31. The monoisotopic (exact) mass is 300 g/mol. The van der Waals surface area contributed by atoms with Crippen molar-refractivity contribution in [1.82, 2.24) is 4.98 Å². The minimum Gasteiger partial charge on any atom is -0.361 e. The lowest BCUT2D eigenvalue weighted by molar-refractivity contribution is -0.429. The Bertz CT molecular complexity index is 787. The van der Waals surface area contributed by atoms with Crippen molar-refractivity contribution in [2.45, 2.75) is 25.0 Å². The van der Waals surface area contributed by atoms with Crippen LogP contribution in [0.25, 0.3) is 17.0 Å². The number of nitrogens with one attached hydrogen (secondary N) is 1. The standard InChI is InChI=1S/C16H16N2O4/c1-16(21-5-6-22-16)8-12-11-3-2-4-13-15(11)10(9-17-13)7-14(12)18(19)20/h2-4,7,9,12,17H,5-6,8H2,1H3. The van der Waals surface area contributed by atoms with Crippen LogP contribution in [0.15, 0.2) is 30.1 Å². The van der Waals surface area contributed by atoms with Gasteiger partial charge in [0, 0.05) is 35.2 Å². The van der Waals surface area contributed by atoms with Crippen molar-refractivity contribution in [3.05, 3.63) is 51.3 Å². The highest BCUT2D eigenvalue weighted by Crippen LogP contribution is 2.44. The third kappa shape index (κ3) is 1.95. The number of aromatic nitrogens is 1. The number of ether oxygens (including phenoxy) is 2. The molecule has 0 saturated carbocycles. The average molecular weight is 300 g/mol. The molecule has 6 heteroatoms. The van der Waals surface area contributed by atoms with Gasteiger partial charge in [0.25, 0.3) is 5.70 Å². The fraction of sp³-hybridized carbons (Fsp3) is 0.375. The molecule has 1 unspecified atom stereocenters. The van der Waals surface area contributed by atoms with Gasteiger partial charge in [0.15, 0.2) is 5.79 Å². The summed E-state index contributed by atoms with van der Waals surface area (Å²) in [5, 5.41) is 12.6. The van der Waals surface area contributed by atoms with E-state index in [2.05, 4.69) is 4.98 Å². The van der Waals surface area contributed by atoms with E-state index in [1.807, 2.05) is 31.3 Å². The molecule has 22 heavy (non-hydrogen) atoms. The summed E-state index contributed by atoms with van der Waals surface area (Å²) in [6, 6.07) is 5.86. The van der Waals surface area contributed by atoms with Crippen molar-refractivity contribution in [3.63, 3.8) is 0 Å². The summed E-state index contributed by atoms with van der Waals surface area (Å²) in [6.07, 6.45) is 3.91. The first-order valence-corrected chi connectivity index (χ1v) is 7.31. The summed E-state index contributed by atoms with van der Waals surface area (Å²) in [5.41, 5.74) is 3.02. The Morgan fingerprint density at radius 2 is 2.18 bits per heavy atom. The number of nitrogens with zero attached hydrogens (tertiary/aromatic N) is 1. The lowest BCUT2D eigenvalue weighted by Crippen LogP contribution is -2.30. The number of rotatable bonds is 3. The van der Waals surface area contributed by atoms with Gasteiger partial charge in [0.2, 0.25) is 0 Å². The Hall–Kier alpha value is -2.18. The van der Waals surface area contributed by atoms with Gasteiger partial charge in [-0.1, -0.05) is 12.1 Å². The van der Waals surface area contributed by atoms with Crippen LogP contribution in [0.3, 0.4) is 0 Å². The Morgan fingerprint density at radius 1 is 1.41 bits per heavy atom. The van der Waals surface area contributed by atoms with E-state index >= 15 is 0 Å². The molecule has 1 aliphatic heterocycles. The van der Waals surface area contributed by atoms with Crippen LogP contribution in [0, 0.1) is 10.1 Å². The van der Waals surface area contributed by atoms with Gasteiger partial charge >= 0.3 is 0 Å². The lowest BCUT2D eigenvalue weighted by Gasteiger charge is -2.28. The number of hydrogen-bond acceptors (Lipinski definition) is 4. The minimum atomic E-state index is -0.768. The van der Waals surface area contributed by atoms with Crippen LogP contribution >= 0.6 is 0 Å². The quantitative estimate of drug-likeness (QED) is 0.698. The van der Waals surface area contributed by atoms with E-state index in [0.29, 0.717) is 19.6 Å². The Labute approximate surface area is 126 Å². The second kappa shape index (κ2) is 4.66. The van der Waals surface area contributed by atoms with E-state index in [1.165, 1.54) is 0 Å². The minimum absolute atomic E-state index is 0.194. The summed E-state index contributed by atoms with van der Waals surface area (Å²) >= 11 is 0. The zero-order chi connectivity index (χ0) is 15.3. The highest BCUT2D eigenvalue weighted by molar-refractivity contribution is 5.94. The van der Waals surface area contributed by atoms with E-state index in [4.69, 9.17) is 9.47 Å². The third-order valence-corrected chi connectivity index (χ3v) is 4.49. The zero-order valence-electron chi connectivity index (χ0n) is 12.2. The molecular weight excluding hydrogens is 284 g/mol. The highest BCUT2D eigenvalue weighted by atomic mass is 16.7. The molecule has 1 aromatic heterocycles. The van der Waals surface area contributed by atoms with Gasteiger partial charge in [-0.2, -0.15) is 0 Å². The molecule has 1 aromatic carbocycles. The van der Waals surface area contributed by atoms with Crippen molar-refractivity contribution in [3.8, 4) is 0 Å². The highest BCUT2D eigenvalue weighted by Gasteiger charge is 2.41. The van der Waals surface area contributed by atoms with Gasteiger partial charge in [0.05, 0.1) is 24.1 Å². The molecule has 1 saturated heterocycles. The predicted molar refractivity (Wildman–Crippen MR) is 80.9 cm³/mol. The van der Waals surface area contributed by atoms with E-state index < -0.39 is 5.79 Å². The first kappa shape index (κ1) is 13.5. The van der Waals surface area contributed by atoms with Crippen LogP contribution < -0.4 is 0 Å². The molecule has 0 bridgehead atoms. The van der Waals surface area contributed by atoms with Gasteiger partial charge in [0.1, 0.15) is 0 Å². The Morgan fingerprint density at radius 3 is 2.91 bits per heavy atom. The van der Waals surface area contributed by atoms with Crippen LogP contribution in [0.5, 0.6) is 0 Å². The molecule has 6 nitrogen and oxygen atoms in total. The molecule has 0 spiro atoms. The van der Waals surface area contributed by atoms with Crippen molar-refractivity contribution >= 4 is 17.0 Å². The van der Waals surface area contributed by atoms with Crippen molar-refractivity contribution in [2.75, 3.05) is 13.2 Å². The van der Waals surface area contributed by atoms with Crippen LogP contribution in [0.2, 0.25) is 0 Å². The molecule has 2 aliphatic rings. The number of aromatic amines is 1. The first-order chi connectivity index (χ1) is 10.6. The third-order valence-electron chi connectivity index (χ3n) is 4.49. The average Bonchev–Trinajstić information content (AvgIpc) is 3.09. The van der Waals surface area contributed by atoms with Gasteiger partial charge in [-0.3, -0.25) is 10.1 Å². The maximum atomic E-state index is 11.5. The van der Waals surface area contributed by atoms with Crippen LogP contribution in [-0.4, -0.2) is 28.9 Å². The maximum Gasteiger partial charge on any atom is 0.254 e. The zero-order valence-corrected chi connectivity index (χ0v) is 12.2. The molecular formula is C16H16N2O4. The molecule has 1 aliphatic carbocycles. The van der Waals surface area contributed by atoms with Gasteiger partial charge < -0.3 is 14.5 Å². The molecule has 1 N–H and O–H groups in total. The summed E-state index contributed by atoms with van der Waals surface area (Å²) < 4.78 is 11.3. The number of benzene rings is 1. The van der Waals surface area contributed by atoms with Crippen molar-refractivity contribution < 1.29 is 14.4 Å². The van der Waals surface area contributed by atoms with E-state index in [1.54, 1.807) is 6.08 Å². The second-order valence-corrected chi connectivity index (χ2v) is 5.93. The molecule has 2 heterocycles. The summed E-state index contributed by atoms with van der Waals surface area (Å²) in [4.78, 5) is 14.4. The summed E-state index contributed by atoms with van der Waals surface area (Å²) in [5.74, 6) is -1.11. The smallest absolute Gasteiger partial charge is 0.254 e. The number of hydrogen-bond donors (Lipinski definition) is 1. The van der Waals surface area contributed by atoms with Crippen molar-refractivity contribution in [1.29, 1.82) is 0 Å². The Kier molecular flexibility index (Phi) is 2.85. The molecule has 114 valence electrons. The summed E-state index contributed by atoms with van der Waals surface area (Å²) in [6.45, 7) is 2.91. The molecule has 1 fully saturated rings. The van der Waals surface area contributed by atoms with Crippen molar-refractivity contribution in [2.24, 2.45) is 0 Å². The van der Waals surface area contributed by atoms with E-state index in [-0.39, 0.29) is 16.5 Å². The summed E-state index contributed by atoms with van der Waals surface area (Å²) in [7, 11) is 0. The van der Waals surface area contributed by atoms with Gasteiger partial charge in [-0.25, -0.2) is 0 Å². The fourth-order valence-corrected chi connectivity index (χ4v) is 3.50. The molecule has 4 rings (SSSR count). The number of nitro groups is 1. The van der Waals surface area contributed by atoms with Crippen LogP contribution in [-0.2, 0) is 9.47 Å². The SMILES string of the molecule is CC1(CC2C([N+](=O)[O-])=Cc3c[nH]c4cccc2c34)OCCO1. The maximum absolute atomic E-state index is 11.5. The van der Waals surface area contributed by atoms with E-state index in [9.17, 15) is 10.1 Å². The van der Waals surface area contributed by atoms with Crippen LogP contribution in [0.4, 0.5) is 0 Å². The lowest BCUT2D eigenvalue weighted by atomic mass is 9.82. The molecule has 0 amide bonds. The van der Waals surface area contributed by atoms with Crippen LogP contribution in [0.1, 0.15) is 30.4 Å². The number of allylic oxidation sites excluding steroid dienone is 1. The molecule has 1 atom stereocenters. The molecule has 0 radical (unpaired) electrons. The largest absolute Gasteiger partial charge is 0.361 e. The van der Waals surface area contributed by atoms with E-state index in [0.717, 1.165) is 22.0 Å². The normalized spacial score (nSPS) is 22.8. The van der Waals surface area contributed by atoms with Gasteiger partial charge in [-0.05, 0) is 18.6 Å². The molecule has 2 aromatic rings. The van der Waals surface area contributed by atoms with Gasteiger partial charge in [-0.15, -0.1) is 0 Å². The second-order valence-electron chi connectivity index (χ2n) is 5.93. The number of H-pyrrole nitrogens is 1. The Balaban J connectivity index is 1.85.